The third kappa shape index (κ3) is 5.91. The normalized spacial score (nSPS) is 19.0. The average Bonchev–Trinajstić information content (AvgIpc) is 3.51. The number of hydrogen-bond acceptors (Lipinski definition) is 7. The summed E-state index contributed by atoms with van der Waals surface area (Å²) < 4.78 is 13.2. The first-order valence-corrected chi connectivity index (χ1v) is 15.2. The van der Waals surface area contributed by atoms with E-state index in [-0.39, 0.29) is 17.5 Å². The third-order valence-corrected chi connectivity index (χ3v) is 8.12. The van der Waals surface area contributed by atoms with Gasteiger partial charge in [-0.25, -0.2) is 19.5 Å². The maximum Gasteiger partial charge on any atom is 0.420 e. The Morgan fingerprint density at radius 1 is 1.12 bits per heavy atom. The lowest BCUT2D eigenvalue weighted by Crippen LogP contribution is -2.61. The highest BCUT2D eigenvalue weighted by atomic mass is 35.5. The number of aromatic nitrogens is 3. The molecule has 0 bridgehead atoms. The highest BCUT2D eigenvalue weighted by Gasteiger charge is 2.47. The molecular weight excluding hydrogens is 572 g/mol. The molecule has 1 N–H and O–H groups in total. The maximum atomic E-state index is 14.0. The van der Waals surface area contributed by atoms with Gasteiger partial charge in [0.2, 0.25) is 0 Å². The number of nitrogens with zero attached hydrogens (tertiary/aromatic N) is 6. The van der Waals surface area contributed by atoms with E-state index in [0.717, 1.165) is 18.4 Å². The largest absolute Gasteiger partial charge is 0.494 e. The van der Waals surface area contributed by atoms with Crippen LogP contribution in [0.1, 0.15) is 66.9 Å². The number of anilines is 3. The zero-order valence-corrected chi connectivity index (χ0v) is 26.7. The zero-order chi connectivity index (χ0) is 31.3. The summed E-state index contributed by atoms with van der Waals surface area (Å²) >= 11 is 6.64. The molecule has 1 unspecified atom stereocenters. The molecule has 11 nitrogen and oxygen atoms in total. The summed E-state index contributed by atoms with van der Waals surface area (Å²) in [5.74, 6) is 1.85. The van der Waals surface area contributed by atoms with E-state index in [1.807, 2.05) is 52.0 Å². The summed E-state index contributed by atoms with van der Waals surface area (Å²) in [5.41, 5.74) is 0.705. The second kappa shape index (κ2) is 11.4. The number of amides is 2. The molecule has 4 heterocycles. The van der Waals surface area contributed by atoms with E-state index < -0.39 is 17.8 Å². The number of likely N-dealkylation sites (tertiary alicyclic amines) is 1. The Bertz CT molecular complexity index is 1510. The second-order valence-corrected chi connectivity index (χ2v) is 13.6. The van der Waals surface area contributed by atoms with Crippen LogP contribution in [-0.2, 0) is 11.2 Å². The lowest BCUT2D eigenvalue weighted by molar-refractivity contribution is 0.0454. The fourth-order valence-corrected chi connectivity index (χ4v) is 6.53. The fraction of sp³-hybridized carbons (Fsp3) is 0.548. The summed E-state index contributed by atoms with van der Waals surface area (Å²) in [6, 6.07) is 6.87. The van der Waals surface area contributed by atoms with Gasteiger partial charge in [-0.15, -0.1) is 0 Å². The summed E-state index contributed by atoms with van der Waals surface area (Å²) in [6.45, 7) is 15.2. The number of benzene rings is 1. The topological polar surface area (TPSA) is 113 Å². The van der Waals surface area contributed by atoms with Crippen LogP contribution >= 0.6 is 11.6 Å². The van der Waals surface area contributed by atoms with Crippen LogP contribution in [-0.4, -0.2) is 74.2 Å². The van der Waals surface area contributed by atoms with Crippen molar-refractivity contribution in [2.24, 2.45) is 5.41 Å². The minimum atomic E-state index is -0.918. The van der Waals surface area contributed by atoms with E-state index in [1.165, 1.54) is 11.1 Å². The first-order chi connectivity index (χ1) is 20.2. The molecule has 0 aliphatic carbocycles. The number of carboxylic acid groups (broad SMARTS) is 1. The van der Waals surface area contributed by atoms with Gasteiger partial charge in [-0.05, 0) is 76.6 Å². The van der Waals surface area contributed by atoms with E-state index in [4.69, 9.17) is 26.1 Å². The zero-order valence-electron chi connectivity index (χ0n) is 25.9. The molecule has 2 aliphatic heterocycles. The number of hydrogen-bond donors (Lipinski definition) is 1. The van der Waals surface area contributed by atoms with E-state index in [9.17, 15) is 14.7 Å². The van der Waals surface area contributed by atoms with Crippen LogP contribution in [0.3, 0.4) is 0 Å². The van der Waals surface area contributed by atoms with Crippen molar-refractivity contribution in [3.8, 4) is 5.75 Å². The van der Waals surface area contributed by atoms with Crippen molar-refractivity contribution in [1.82, 2.24) is 19.5 Å². The van der Waals surface area contributed by atoms with Crippen LogP contribution in [0.2, 0.25) is 5.02 Å². The first-order valence-electron chi connectivity index (χ1n) is 14.8. The fourth-order valence-electron chi connectivity index (χ4n) is 6.37. The Kier molecular flexibility index (Phi) is 8.15. The quantitative estimate of drug-likeness (QED) is 0.336. The Hall–Kier alpha value is -3.73. The van der Waals surface area contributed by atoms with Gasteiger partial charge < -0.3 is 24.4 Å². The summed E-state index contributed by atoms with van der Waals surface area (Å²) in [5, 5.41) is 15.0. The third-order valence-electron chi connectivity index (χ3n) is 7.85. The van der Waals surface area contributed by atoms with Crippen molar-refractivity contribution >= 4 is 46.8 Å². The van der Waals surface area contributed by atoms with Crippen molar-refractivity contribution < 1.29 is 24.2 Å². The Labute approximate surface area is 257 Å². The summed E-state index contributed by atoms with van der Waals surface area (Å²) in [4.78, 5) is 36.6. The predicted octanol–water partition coefficient (Wildman–Crippen LogP) is 6.77. The van der Waals surface area contributed by atoms with E-state index in [1.54, 1.807) is 9.42 Å². The lowest BCUT2D eigenvalue weighted by atomic mass is 9.77. The maximum absolute atomic E-state index is 14.0. The van der Waals surface area contributed by atoms with Gasteiger partial charge in [-0.3, -0.25) is 0 Å². The van der Waals surface area contributed by atoms with Crippen molar-refractivity contribution in [3.63, 3.8) is 0 Å². The van der Waals surface area contributed by atoms with Crippen LogP contribution in [0.25, 0.3) is 5.65 Å². The molecule has 1 aromatic carbocycles. The van der Waals surface area contributed by atoms with Gasteiger partial charge in [0.15, 0.2) is 11.5 Å². The Balaban J connectivity index is 1.70. The molecule has 5 rings (SSSR count). The van der Waals surface area contributed by atoms with Crippen LogP contribution in [0, 0.1) is 5.41 Å². The van der Waals surface area contributed by atoms with E-state index in [2.05, 4.69) is 30.8 Å². The standard InChI is InChI=1S/C31H41ClN6O5/c1-8-42-20-13-11-19(12-14-20)37(29(41)43-31(5,6)7)27-21-15-17-35(25(21)34-26-22(32)18-33-38(26)27)23-10-9-16-36(28(39)40)24(23)30(2,3)4/h11-14,18,23-24H,8-10,15-17H2,1-7H3,(H,39,40)/t23?,24-/m1/s1. The summed E-state index contributed by atoms with van der Waals surface area (Å²) in [6.07, 6.45) is 2.16. The van der Waals surface area contributed by atoms with E-state index >= 15 is 0 Å². The molecule has 2 atom stereocenters. The Morgan fingerprint density at radius 2 is 1.81 bits per heavy atom. The molecular formula is C31H41ClN6O5. The number of piperidine rings is 1. The number of carbonyl (C=O) groups excluding carboxylic acids is 1. The molecule has 232 valence electrons. The number of fused-ring (bicyclic) bond motifs is 2. The van der Waals surface area contributed by atoms with E-state index in [0.29, 0.717) is 59.9 Å². The first kappa shape index (κ1) is 30.7. The number of rotatable bonds is 5. The van der Waals surface area contributed by atoms with Crippen LogP contribution in [0.5, 0.6) is 5.75 Å². The van der Waals surface area contributed by atoms with Gasteiger partial charge >= 0.3 is 12.2 Å². The average molecular weight is 613 g/mol. The van der Waals surface area contributed by atoms with Crippen molar-refractivity contribution in [3.05, 3.63) is 41.0 Å². The summed E-state index contributed by atoms with van der Waals surface area (Å²) in [7, 11) is 0. The molecule has 0 saturated carbocycles. The van der Waals surface area contributed by atoms with Gasteiger partial charge in [0, 0.05) is 18.7 Å². The monoisotopic (exact) mass is 612 g/mol. The second-order valence-electron chi connectivity index (χ2n) is 13.1. The molecule has 43 heavy (non-hydrogen) atoms. The Morgan fingerprint density at radius 3 is 2.42 bits per heavy atom. The van der Waals surface area contributed by atoms with Gasteiger partial charge in [-0.2, -0.15) is 9.61 Å². The smallest absolute Gasteiger partial charge is 0.420 e. The van der Waals surface area contributed by atoms with Crippen molar-refractivity contribution in [2.75, 3.05) is 29.5 Å². The van der Waals surface area contributed by atoms with Crippen molar-refractivity contribution in [2.45, 2.75) is 85.4 Å². The molecule has 1 saturated heterocycles. The molecule has 1 fully saturated rings. The lowest BCUT2D eigenvalue weighted by Gasteiger charge is -2.50. The number of ether oxygens (including phenoxy) is 2. The van der Waals surface area contributed by atoms with Crippen LogP contribution in [0.15, 0.2) is 30.5 Å². The van der Waals surface area contributed by atoms with Crippen molar-refractivity contribution in [1.29, 1.82) is 0 Å². The van der Waals surface area contributed by atoms with Gasteiger partial charge in [0.05, 0.1) is 30.6 Å². The minimum absolute atomic E-state index is 0.115. The van der Waals surface area contributed by atoms with Gasteiger partial charge in [-0.1, -0.05) is 32.4 Å². The highest BCUT2D eigenvalue weighted by Crippen LogP contribution is 2.44. The van der Waals surface area contributed by atoms with Crippen LogP contribution < -0.4 is 14.5 Å². The SMILES string of the molecule is CCOc1ccc(N(C(=O)OC(C)(C)C)c2c3c(nc4c(Cl)cnn24)N(C2CCCN(C(=O)O)[C@H]2C(C)(C)C)CC3)cc1. The van der Waals surface area contributed by atoms with Gasteiger partial charge in [0.1, 0.15) is 22.2 Å². The highest BCUT2D eigenvalue weighted by molar-refractivity contribution is 6.33. The predicted molar refractivity (Wildman–Crippen MR) is 166 cm³/mol. The molecule has 12 heteroatoms. The molecule has 2 aromatic heterocycles. The number of halogens is 1. The molecule has 2 aliphatic rings. The molecule has 2 amide bonds. The van der Waals surface area contributed by atoms with Gasteiger partial charge in [0.25, 0.3) is 0 Å². The molecule has 0 radical (unpaired) electrons. The number of carbonyl (C=O) groups is 2. The minimum Gasteiger partial charge on any atom is -0.494 e. The van der Waals surface area contributed by atoms with Crippen LogP contribution in [0.4, 0.5) is 26.9 Å². The molecule has 3 aromatic rings. The molecule has 0 spiro atoms.